The first kappa shape index (κ1) is 17.2. The predicted molar refractivity (Wildman–Crippen MR) is 95.4 cm³/mol. The number of pyridine rings is 1. The Bertz CT molecular complexity index is 626. The van der Waals surface area contributed by atoms with E-state index in [1.165, 1.54) is 63.6 Å². The van der Waals surface area contributed by atoms with Crippen LogP contribution in [0.4, 0.5) is 0 Å². The fourth-order valence-corrected chi connectivity index (χ4v) is 4.34. The van der Waals surface area contributed by atoms with Crippen molar-refractivity contribution in [3.63, 3.8) is 0 Å². The third-order valence-corrected chi connectivity index (χ3v) is 5.76. The summed E-state index contributed by atoms with van der Waals surface area (Å²) >= 11 is 0. The highest BCUT2D eigenvalue weighted by Gasteiger charge is 2.38. The van der Waals surface area contributed by atoms with Gasteiger partial charge in [0, 0.05) is 24.3 Å². The molecular weight excluding hydrogens is 302 g/mol. The zero-order valence-corrected chi connectivity index (χ0v) is 14.7. The maximum Gasteiger partial charge on any atom is 0.253 e. The van der Waals surface area contributed by atoms with Gasteiger partial charge in [-0.15, -0.1) is 0 Å². The summed E-state index contributed by atoms with van der Waals surface area (Å²) in [6, 6.07) is 1.48. The maximum atomic E-state index is 12.6. The summed E-state index contributed by atoms with van der Waals surface area (Å²) in [5.74, 6) is -0.0780. The van der Waals surface area contributed by atoms with Crippen LogP contribution in [0.1, 0.15) is 67.3 Å². The molecule has 5 heteroatoms. The zero-order chi connectivity index (χ0) is 17.0. The summed E-state index contributed by atoms with van der Waals surface area (Å²) in [7, 11) is 0. The fourth-order valence-electron chi connectivity index (χ4n) is 4.34. The van der Waals surface area contributed by atoms with Crippen molar-refractivity contribution in [3.8, 4) is 0 Å². The number of carbonyl (C=O) groups excluding carboxylic acids is 1. The summed E-state index contributed by atoms with van der Waals surface area (Å²) in [5.41, 5.74) is 1.26. The van der Waals surface area contributed by atoms with Crippen LogP contribution in [0.25, 0.3) is 0 Å². The largest absolute Gasteiger partial charge is 0.350 e. The third kappa shape index (κ3) is 3.72. The van der Waals surface area contributed by atoms with Gasteiger partial charge in [0.25, 0.3) is 5.91 Å². The van der Waals surface area contributed by atoms with Gasteiger partial charge >= 0.3 is 0 Å². The van der Waals surface area contributed by atoms with Crippen molar-refractivity contribution < 1.29 is 4.79 Å². The zero-order valence-electron chi connectivity index (χ0n) is 14.7. The van der Waals surface area contributed by atoms with Crippen molar-refractivity contribution in [2.24, 2.45) is 0 Å². The molecule has 1 aromatic rings. The lowest BCUT2D eigenvalue weighted by atomic mass is 9.79. The molecule has 1 aliphatic carbocycles. The monoisotopic (exact) mass is 331 g/mol. The summed E-state index contributed by atoms with van der Waals surface area (Å²) in [6.45, 7) is 4.84. The topological polar surface area (TPSA) is 65.2 Å². The second-order valence-electron chi connectivity index (χ2n) is 7.41. The number of likely N-dealkylation sites (tertiary alicyclic amines) is 1. The average Bonchev–Trinajstić information content (AvgIpc) is 2.61. The quantitative estimate of drug-likeness (QED) is 0.891. The van der Waals surface area contributed by atoms with Gasteiger partial charge < -0.3 is 10.3 Å². The molecule has 0 bridgehead atoms. The molecule has 0 aromatic carbocycles. The summed E-state index contributed by atoms with van der Waals surface area (Å²) in [6.07, 6.45) is 11.6. The molecule has 5 nitrogen and oxygen atoms in total. The number of piperidine rings is 1. The fraction of sp³-hybridized carbons (Fsp3) is 0.684. The Kier molecular flexibility index (Phi) is 5.39. The Morgan fingerprint density at radius 3 is 2.50 bits per heavy atom. The van der Waals surface area contributed by atoms with Crippen LogP contribution in [0.5, 0.6) is 0 Å². The summed E-state index contributed by atoms with van der Waals surface area (Å²) in [4.78, 5) is 29.2. The number of nitrogens with one attached hydrogen (secondary N) is 2. The van der Waals surface area contributed by atoms with Crippen molar-refractivity contribution in [1.29, 1.82) is 0 Å². The lowest BCUT2D eigenvalue weighted by Gasteiger charge is -2.48. The lowest BCUT2D eigenvalue weighted by Crippen LogP contribution is -2.58. The van der Waals surface area contributed by atoms with Crippen molar-refractivity contribution in [1.82, 2.24) is 15.2 Å². The average molecular weight is 331 g/mol. The number of aryl methyl sites for hydroxylation is 1. The van der Waals surface area contributed by atoms with Gasteiger partial charge in [-0.25, -0.2) is 0 Å². The van der Waals surface area contributed by atoms with Crippen LogP contribution in [-0.2, 0) is 0 Å². The smallest absolute Gasteiger partial charge is 0.253 e. The Balaban J connectivity index is 1.70. The van der Waals surface area contributed by atoms with E-state index >= 15 is 0 Å². The number of aromatic amines is 1. The number of amides is 1. The number of hydrogen-bond donors (Lipinski definition) is 2. The number of H-pyrrole nitrogens is 1. The van der Waals surface area contributed by atoms with Gasteiger partial charge in [-0.1, -0.05) is 25.7 Å². The maximum absolute atomic E-state index is 12.6. The van der Waals surface area contributed by atoms with Crippen molar-refractivity contribution in [2.45, 2.75) is 63.8 Å². The lowest BCUT2D eigenvalue weighted by molar-refractivity contribution is 0.0326. The van der Waals surface area contributed by atoms with Gasteiger partial charge in [-0.3, -0.25) is 14.5 Å². The SMILES string of the molecule is Cc1cc(=O)[nH]cc1C(=O)NCC1(N2CCCCC2)CCCCC1. The minimum absolute atomic E-state index is 0.0780. The Hall–Kier alpha value is -1.62. The molecule has 3 rings (SSSR count). The van der Waals surface area contributed by atoms with E-state index in [4.69, 9.17) is 0 Å². The van der Waals surface area contributed by atoms with Crippen LogP contribution in [0.15, 0.2) is 17.1 Å². The van der Waals surface area contributed by atoms with Gasteiger partial charge in [0.1, 0.15) is 0 Å². The number of carbonyl (C=O) groups is 1. The molecule has 1 saturated carbocycles. The highest BCUT2D eigenvalue weighted by molar-refractivity contribution is 5.95. The molecule has 0 radical (unpaired) electrons. The van der Waals surface area contributed by atoms with Crippen LogP contribution in [0, 0.1) is 6.92 Å². The Labute approximate surface area is 143 Å². The Morgan fingerprint density at radius 2 is 1.83 bits per heavy atom. The second-order valence-corrected chi connectivity index (χ2v) is 7.41. The molecule has 2 heterocycles. The molecule has 2 N–H and O–H groups in total. The number of aromatic nitrogens is 1. The third-order valence-electron chi connectivity index (χ3n) is 5.76. The molecule has 0 atom stereocenters. The first-order valence-corrected chi connectivity index (χ1v) is 9.33. The molecule has 24 heavy (non-hydrogen) atoms. The minimum Gasteiger partial charge on any atom is -0.350 e. The molecule has 2 fully saturated rings. The normalized spacial score (nSPS) is 21.4. The van der Waals surface area contributed by atoms with E-state index in [2.05, 4.69) is 15.2 Å². The number of rotatable bonds is 4. The highest BCUT2D eigenvalue weighted by atomic mass is 16.1. The summed E-state index contributed by atoms with van der Waals surface area (Å²) < 4.78 is 0. The van der Waals surface area contributed by atoms with Crippen LogP contribution in [0.3, 0.4) is 0 Å². The van der Waals surface area contributed by atoms with Gasteiger partial charge in [0.05, 0.1) is 5.56 Å². The summed E-state index contributed by atoms with van der Waals surface area (Å²) in [5, 5.41) is 3.16. The van der Waals surface area contributed by atoms with Crippen molar-refractivity contribution >= 4 is 5.91 Å². The van der Waals surface area contributed by atoms with Crippen LogP contribution >= 0.6 is 0 Å². The molecule has 0 spiro atoms. The van der Waals surface area contributed by atoms with E-state index < -0.39 is 0 Å². The van der Waals surface area contributed by atoms with E-state index in [1.54, 1.807) is 0 Å². The Morgan fingerprint density at radius 1 is 1.17 bits per heavy atom. The highest BCUT2D eigenvalue weighted by Crippen LogP contribution is 2.35. The second kappa shape index (κ2) is 7.51. The molecule has 132 valence electrons. The molecule has 1 aromatic heterocycles. The van der Waals surface area contributed by atoms with E-state index in [0.717, 1.165) is 18.7 Å². The predicted octanol–water partition coefficient (Wildman–Crippen LogP) is 2.60. The van der Waals surface area contributed by atoms with Crippen LogP contribution in [0.2, 0.25) is 0 Å². The van der Waals surface area contributed by atoms with Gasteiger partial charge in [-0.2, -0.15) is 0 Å². The molecule has 1 amide bonds. The molecule has 0 unspecified atom stereocenters. The standard InChI is InChI=1S/C19H29N3O2/c1-15-12-17(23)20-13-16(15)18(24)21-14-19(8-4-2-5-9-19)22-10-6-3-7-11-22/h12-13H,2-11,14H2,1H3,(H,20,23)(H,21,24). The van der Waals surface area contributed by atoms with E-state index in [-0.39, 0.29) is 17.0 Å². The molecular formula is C19H29N3O2. The first-order chi connectivity index (χ1) is 11.6. The van der Waals surface area contributed by atoms with Crippen LogP contribution in [-0.4, -0.2) is 41.0 Å². The molecule has 1 saturated heterocycles. The van der Waals surface area contributed by atoms with Crippen molar-refractivity contribution in [3.05, 3.63) is 33.7 Å². The number of nitrogens with zero attached hydrogens (tertiary/aromatic N) is 1. The first-order valence-electron chi connectivity index (χ1n) is 9.33. The van der Waals surface area contributed by atoms with Gasteiger partial charge in [0.2, 0.25) is 5.56 Å². The van der Waals surface area contributed by atoms with Crippen LogP contribution < -0.4 is 10.9 Å². The molecule has 2 aliphatic rings. The van der Waals surface area contributed by atoms with E-state index in [1.807, 2.05) is 6.92 Å². The van der Waals surface area contributed by atoms with Gasteiger partial charge in [-0.05, 0) is 51.3 Å². The van der Waals surface area contributed by atoms with Gasteiger partial charge in [0.15, 0.2) is 0 Å². The van der Waals surface area contributed by atoms with Crippen molar-refractivity contribution in [2.75, 3.05) is 19.6 Å². The minimum atomic E-state index is -0.166. The molecule has 1 aliphatic heterocycles. The number of hydrogen-bond acceptors (Lipinski definition) is 3. The van der Waals surface area contributed by atoms with E-state index in [9.17, 15) is 9.59 Å². The van der Waals surface area contributed by atoms with E-state index in [0.29, 0.717) is 12.1 Å².